The second kappa shape index (κ2) is 5.93. The molecule has 0 N–H and O–H groups in total. The van der Waals surface area contributed by atoms with Gasteiger partial charge in [-0.15, -0.1) is 0 Å². The minimum absolute atomic E-state index is 0.527. The normalized spacial score (nSPS) is 15.8. The Morgan fingerprint density at radius 2 is 1.88 bits per heavy atom. The van der Waals surface area contributed by atoms with Gasteiger partial charge in [0.15, 0.2) is 5.65 Å². The predicted octanol–water partition coefficient (Wildman–Crippen LogP) is 3.84. The average Bonchev–Trinajstić information content (AvgIpc) is 3.11. The predicted molar refractivity (Wildman–Crippen MR) is 96.5 cm³/mol. The molecule has 25 heavy (non-hydrogen) atoms. The van der Waals surface area contributed by atoms with Crippen molar-refractivity contribution in [2.45, 2.75) is 18.8 Å². The molecule has 0 unspecified atom stereocenters. The highest BCUT2D eigenvalue weighted by Crippen LogP contribution is 2.29. The lowest BCUT2D eigenvalue weighted by molar-refractivity contribution is 0.0852. The quantitative estimate of drug-likeness (QED) is 0.560. The molecule has 124 valence electrons. The third kappa shape index (κ3) is 2.57. The van der Waals surface area contributed by atoms with E-state index in [9.17, 15) is 0 Å². The third-order valence-electron chi connectivity index (χ3n) is 5.01. The average molecular weight is 330 g/mol. The molecule has 0 radical (unpaired) electrons. The number of rotatable bonds is 2. The van der Waals surface area contributed by atoms with Gasteiger partial charge in [-0.25, -0.2) is 9.50 Å². The van der Waals surface area contributed by atoms with Crippen LogP contribution in [0.5, 0.6) is 0 Å². The van der Waals surface area contributed by atoms with Gasteiger partial charge >= 0.3 is 0 Å². The standard InChI is InChI=1S/C20H18N4O/c1-2-17-11-21-6-3-15(17)9-16(1)19-13-22-20-10-18(12-23-24(19)20)14-4-7-25-8-5-14/h1-3,6,9-14H,4-5,7-8H2. The van der Waals surface area contributed by atoms with Crippen LogP contribution in [-0.4, -0.2) is 32.8 Å². The summed E-state index contributed by atoms with van der Waals surface area (Å²) < 4.78 is 7.38. The highest BCUT2D eigenvalue weighted by atomic mass is 16.5. The van der Waals surface area contributed by atoms with E-state index >= 15 is 0 Å². The molecule has 0 aliphatic carbocycles. The minimum atomic E-state index is 0.527. The molecule has 0 amide bonds. The molecule has 1 aliphatic rings. The van der Waals surface area contributed by atoms with Crippen LogP contribution in [0.2, 0.25) is 0 Å². The van der Waals surface area contributed by atoms with Gasteiger partial charge in [-0.3, -0.25) is 4.98 Å². The van der Waals surface area contributed by atoms with Crippen LogP contribution in [-0.2, 0) is 4.74 Å². The van der Waals surface area contributed by atoms with Crippen molar-refractivity contribution in [2.24, 2.45) is 0 Å². The van der Waals surface area contributed by atoms with E-state index in [1.807, 2.05) is 35.4 Å². The summed E-state index contributed by atoms with van der Waals surface area (Å²) in [5.74, 6) is 0.527. The highest BCUT2D eigenvalue weighted by molar-refractivity contribution is 5.86. The summed E-state index contributed by atoms with van der Waals surface area (Å²) in [4.78, 5) is 8.76. The van der Waals surface area contributed by atoms with Crippen molar-refractivity contribution in [2.75, 3.05) is 13.2 Å². The molecule has 0 bridgehead atoms. The van der Waals surface area contributed by atoms with E-state index in [4.69, 9.17) is 4.74 Å². The maximum absolute atomic E-state index is 5.46. The largest absolute Gasteiger partial charge is 0.381 e. The maximum atomic E-state index is 5.46. The van der Waals surface area contributed by atoms with Crippen molar-refractivity contribution >= 4 is 16.4 Å². The Kier molecular flexibility index (Phi) is 3.45. The van der Waals surface area contributed by atoms with Crippen molar-refractivity contribution in [1.29, 1.82) is 0 Å². The first-order valence-electron chi connectivity index (χ1n) is 8.64. The van der Waals surface area contributed by atoms with Crippen molar-refractivity contribution in [3.8, 4) is 11.3 Å². The number of pyridine rings is 1. The first-order valence-corrected chi connectivity index (χ1v) is 8.64. The van der Waals surface area contributed by atoms with Gasteiger partial charge in [0.05, 0.1) is 18.1 Å². The lowest BCUT2D eigenvalue weighted by Gasteiger charge is -2.21. The summed E-state index contributed by atoms with van der Waals surface area (Å²) in [6, 6.07) is 10.5. The number of aromatic nitrogens is 4. The molecule has 1 aromatic carbocycles. The zero-order valence-corrected chi connectivity index (χ0v) is 13.8. The minimum Gasteiger partial charge on any atom is -0.381 e. The Balaban J connectivity index is 1.57. The maximum Gasteiger partial charge on any atom is 0.154 e. The van der Waals surface area contributed by atoms with Gasteiger partial charge in [-0.2, -0.15) is 5.10 Å². The molecule has 0 atom stereocenters. The molecule has 0 saturated carbocycles. The van der Waals surface area contributed by atoms with Gasteiger partial charge in [0, 0.05) is 36.6 Å². The van der Waals surface area contributed by atoms with E-state index in [2.05, 4.69) is 39.3 Å². The van der Waals surface area contributed by atoms with Gasteiger partial charge in [0.25, 0.3) is 0 Å². The van der Waals surface area contributed by atoms with Gasteiger partial charge in [0.1, 0.15) is 0 Å². The van der Waals surface area contributed by atoms with Crippen LogP contribution in [0.15, 0.2) is 55.1 Å². The second-order valence-corrected chi connectivity index (χ2v) is 6.53. The Morgan fingerprint density at radius 3 is 2.80 bits per heavy atom. The van der Waals surface area contributed by atoms with Crippen LogP contribution in [0, 0.1) is 0 Å². The number of imidazole rings is 1. The summed E-state index contributed by atoms with van der Waals surface area (Å²) in [6.07, 6.45) is 9.71. The zero-order valence-electron chi connectivity index (χ0n) is 13.8. The molecule has 5 rings (SSSR count). The van der Waals surface area contributed by atoms with Crippen molar-refractivity contribution in [3.05, 3.63) is 60.7 Å². The fraction of sp³-hybridized carbons (Fsp3) is 0.250. The molecular weight excluding hydrogens is 312 g/mol. The second-order valence-electron chi connectivity index (χ2n) is 6.53. The van der Waals surface area contributed by atoms with Gasteiger partial charge in [0.2, 0.25) is 0 Å². The van der Waals surface area contributed by atoms with Crippen LogP contribution in [0.1, 0.15) is 24.3 Å². The van der Waals surface area contributed by atoms with Gasteiger partial charge in [-0.05, 0) is 47.9 Å². The molecule has 1 aliphatic heterocycles. The first-order chi connectivity index (χ1) is 12.4. The fourth-order valence-electron chi connectivity index (χ4n) is 3.58. The van der Waals surface area contributed by atoms with Crippen LogP contribution >= 0.6 is 0 Å². The van der Waals surface area contributed by atoms with E-state index in [0.717, 1.165) is 48.3 Å². The number of ether oxygens (including phenoxy) is 1. The highest BCUT2D eigenvalue weighted by Gasteiger charge is 2.17. The Hall–Kier alpha value is -2.79. The Morgan fingerprint density at radius 1 is 0.960 bits per heavy atom. The van der Waals surface area contributed by atoms with Crippen LogP contribution in [0.4, 0.5) is 0 Å². The van der Waals surface area contributed by atoms with Crippen LogP contribution < -0.4 is 0 Å². The molecule has 0 spiro atoms. The molecule has 5 nitrogen and oxygen atoms in total. The number of nitrogens with zero attached hydrogens (tertiary/aromatic N) is 4. The lowest BCUT2D eigenvalue weighted by Crippen LogP contribution is -2.14. The molecule has 1 fully saturated rings. The fourth-order valence-corrected chi connectivity index (χ4v) is 3.58. The third-order valence-corrected chi connectivity index (χ3v) is 5.01. The molecular formula is C20H18N4O. The summed E-state index contributed by atoms with van der Waals surface area (Å²) in [6.45, 7) is 1.67. The number of fused-ring (bicyclic) bond motifs is 2. The molecule has 4 aromatic rings. The number of hydrogen-bond donors (Lipinski definition) is 0. The van der Waals surface area contributed by atoms with E-state index < -0.39 is 0 Å². The summed E-state index contributed by atoms with van der Waals surface area (Å²) >= 11 is 0. The van der Waals surface area contributed by atoms with E-state index in [1.54, 1.807) is 0 Å². The first kappa shape index (κ1) is 14.5. The SMILES string of the molecule is c1cc2cc(-c3cnc4cc(C5CCOCC5)cnn34)ccc2cn1. The van der Waals surface area contributed by atoms with Crippen LogP contribution in [0.3, 0.4) is 0 Å². The number of benzene rings is 1. The zero-order chi connectivity index (χ0) is 16.6. The topological polar surface area (TPSA) is 52.3 Å². The van der Waals surface area contributed by atoms with Crippen molar-refractivity contribution in [3.63, 3.8) is 0 Å². The Labute approximate surface area is 145 Å². The van der Waals surface area contributed by atoms with Gasteiger partial charge < -0.3 is 4.74 Å². The van der Waals surface area contributed by atoms with Crippen molar-refractivity contribution < 1.29 is 4.74 Å². The molecule has 5 heteroatoms. The van der Waals surface area contributed by atoms with Gasteiger partial charge in [-0.1, -0.05) is 12.1 Å². The van der Waals surface area contributed by atoms with Crippen LogP contribution in [0.25, 0.3) is 27.7 Å². The summed E-state index contributed by atoms with van der Waals surface area (Å²) in [5, 5.41) is 6.98. The van der Waals surface area contributed by atoms with E-state index in [0.29, 0.717) is 5.92 Å². The smallest absolute Gasteiger partial charge is 0.154 e. The molecule has 3 aromatic heterocycles. The molecule has 1 saturated heterocycles. The van der Waals surface area contributed by atoms with E-state index in [1.165, 1.54) is 10.9 Å². The monoisotopic (exact) mass is 330 g/mol. The van der Waals surface area contributed by atoms with Crippen molar-refractivity contribution in [1.82, 2.24) is 19.6 Å². The molecule has 4 heterocycles. The Bertz CT molecular complexity index is 1050. The number of hydrogen-bond acceptors (Lipinski definition) is 4. The summed E-state index contributed by atoms with van der Waals surface area (Å²) in [5.41, 5.74) is 4.27. The van der Waals surface area contributed by atoms with E-state index in [-0.39, 0.29) is 0 Å². The summed E-state index contributed by atoms with van der Waals surface area (Å²) in [7, 11) is 0. The lowest BCUT2D eigenvalue weighted by atomic mass is 9.93.